The number of anilines is 1. The van der Waals surface area contributed by atoms with Crippen LogP contribution >= 0.6 is 0 Å². The molecular weight excluding hydrogens is 174 g/mol. The molecule has 3 heteroatoms. The summed E-state index contributed by atoms with van der Waals surface area (Å²) in [6.45, 7) is 6.49. The van der Waals surface area contributed by atoms with Crippen molar-refractivity contribution in [2.45, 2.75) is 46.0 Å². The van der Waals surface area contributed by atoms with Crippen molar-refractivity contribution in [2.75, 3.05) is 5.73 Å². The summed E-state index contributed by atoms with van der Waals surface area (Å²) in [7, 11) is 1.99. The quantitative estimate of drug-likeness (QED) is 0.802. The van der Waals surface area contributed by atoms with Crippen molar-refractivity contribution in [3.63, 3.8) is 0 Å². The van der Waals surface area contributed by atoms with Gasteiger partial charge in [-0.1, -0.05) is 20.8 Å². The Labute approximate surface area is 86.3 Å². The van der Waals surface area contributed by atoms with Gasteiger partial charge in [0.05, 0.1) is 5.69 Å². The number of aromatic nitrogens is 2. The minimum absolute atomic E-state index is 0.515. The lowest BCUT2D eigenvalue weighted by Crippen LogP contribution is -2.03. The number of aryl methyl sites for hydroxylation is 1. The summed E-state index contributed by atoms with van der Waals surface area (Å²) >= 11 is 0. The van der Waals surface area contributed by atoms with E-state index in [4.69, 9.17) is 5.73 Å². The number of hydrogen-bond donors (Lipinski definition) is 1. The molecule has 0 aliphatic carbocycles. The smallest absolute Gasteiger partial charge is 0.126 e. The molecule has 0 radical (unpaired) electrons. The first-order valence-electron chi connectivity index (χ1n) is 5.46. The summed E-state index contributed by atoms with van der Waals surface area (Å²) in [5.41, 5.74) is 7.12. The lowest BCUT2D eigenvalue weighted by molar-refractivity contribution is 0.627. The Morgan fingerprint density at radius 3 is 2.21 bits per heavy atom. The van der Waals surface area contributed by atoms with Gasteiger partial charge in [0.15, 0.2) is 0 Å². The van der Waals surface area contributed by atoms with Gasteiger partial charge in [-0.15, -0.1) is 0 Å². The predicted octanol–water partition coefficient (Wildman–Crippen LogP) is 2.47. The summed E-state index contributed by atoms with van der Waals surface area (Å²) in [4.78, 5) is 4.61. The minimum Gasteiger partial charge on any atom is -0.384 e. The van der Waals surface area contributed by atoms with Crippen LogP contribution < -0.4 is 5.73 Å². The van der Waals surface area contributed by atoms with Gasteiger partial charge in [0, 0.05) is 19.4 Å². The van der Waals surface area contributed by atoms with Gasteiger partial charge in [-0.05, 0) is 12.8 Å². The molecule has 0 aliphatic heterocycles. The monoisotopic (exact) mass is 195 g/mol. The van der Waals surface area contributed by atoms with E-state index >= 15 is 0 Å². The van der Waals surface area contributed by atoms with Crippen molar-refractivity contribution >= 4 is 5.82 Å². The van der Waals surface area contributed by atoms with E-state index in [9.17, 15) is 0 Å². The van der Waals surface area contributed by atoms with E-state index in [0.717, 1.165) is 36.6 Å². The lowest BCUT2D eigenvalue weighted by Gasteiger charge is -2.09. The molecule has 0 saturated heterocycles. The molecule has 80 valence electrons. The number of rotatable bonds is 4. The van der Waals surface area contributed by atoms with Gasteiger partial charge in [0.2, 0.25) is 0 Å². The molecule has 14 heavy (non-hydrogen) atoms. The van der Waals surface area contributed by atoms with Gasteiger partial charge in [0.1, 0.15) is 11.6 Å². The molecule has 0 aromatic carbocycles. The van der Waals surface area contributed by atoms with E-state index in [-0.39, 0.29) is 0 Å². The number of hydrogen-bond acceptors (Lipinski definition) is 2. The van der Waals surface area contributed by atoms with Gasteiger partial charge in [-0.25, -0.2) is 4.98 Å². The third-order valence-electron chi connectivity index (χ3n) is 2.95. The van der Waals surface area contributed by atoms with Gasteiger partial charge in [-0.3, -0.25) is 0 Å². The number of nitrogens with zero attached hydrogens (tertiary/aromatic N) is 2. The van der Waals surface area contributed by atoms with Crippen LogP contribution in [0, 0.1) is 0 Å². The van der Waals surface area contributed by atoms with E-state index in [1.165, 1.54) is 0 Å². The highest BCUT2D eigenvalue weighted by molar-refractivity contribution is 5.40. The van der Waals surface area contributed by atoms with Crippen LogP contribution in [0.25, 0.3) is 0 Å². The standard InChI is InChI=1S/C11H21N3/c1-5-8(6-2)10-11(12)14(4)9(7-3)13-10/h8H,5-7,12H2,1-4H3. The zero-order chi connectivity index (χ0) is 10.7. The van der Waals surface area contributed by atoms with Gasteiger partial charge >= 0.3 is 0 Å². The van der Waals surface area contributed by atoms with Crippen molar-refractivity contribution in [1.29, 1.82) is 0 Å². The molecule has 0 aliphatic rings. The topological polar surface area (TPSA) is 43.8 Å². The van der Waals surface area contributed by atoms with E-state index in [2.05, 4.69) is 25.8 Å². The van der Waals surface area contributed by atoms with Crippen molar-refractivity contribution in [3.8, 4) is 0 Å². The first-order valence-corrected chi connectivity index (χ1v) is 5.46. The zero-order valence-corrected chi connectivity index (χ0v) is 9.67. The Kier molecular flexibility index (Phi) is 3.55. The number of nitrogens with two attached hydrogens (primary N) is 1. The molecule has 1 heterocycles. The van der Waals surface area contributed by atoms with E-state index in [0.29, 0.717) is 5.92 Å². The fourth-order valence-electron chi connectivity index (χ4n) is 1.87. The Morgan fingerprint density at radius 1 is 1.29 bits per heavy atom. The molecule has 1 aromatic heterocycles. The second-order valence-corrected chi connectivity index (χ2v) is 3.72. The average molecular weight is 195 g/mol. The van der Waals surface area contributed by atoms with Crippen molar-refractivity contribution in [2.24, 2.45) is 7.05 Å². The summed E-state index contributed by atoms with van der Waals surface area (Å²) in [6, 6.07) is 0. The molecule has 2 N–H and O–H groups in total. The molecular formula is C11H21N3. The molecule has 0 fully saturated rings. The first-order chi connectivity index (χ1) is 6.65. The summed E-state index contributed by atoms with van der Waals surface area (Å²) in [6.07, 6.45) is 3.17. The van der Waals surface area contributed by atoms with Crippen LogP contribution in [0.3, 0.4) is 0 Å². The summed E-state index contributed by atoms with van der Waals surface area (Å²) < 4.78 is 2.01. The highest BCUT2D eigenvalue weighted by Crippen LogP contribution is 2.27. The number of nitrogen functional groups attached to an aromatic ring is 1. The second kappa shape index (κ2) is 4.49. The maximum absolute atomic E-state index is 6.03. The Balaban J connectivity index is 3.08. The van der Waals surface area contributed by atoms with E-state index in [1.54, 1.807) is 0 Å². The van der Waals surface area contributed by atoms with E-state index in [1.807, 2.05) is 11.6 Å². The maximum Gasteiger partial charge on any atom is 0.126 e. The maximum atomic E-state index is 6.03. The van der Waals surface area contributed by atoms with E-state index < -0.39 is 0 Å². The molecule has 3 nitrogen and oxygen atoms in total. The molecule has 1 aromatic rings. The SMILES string of the molecule is CCc1nc(C(CC)CC)c(N)n1C. The highest BCUT2D eigenvalue weighted by atomic mass is 15.1. The van der Waals surface area contributed by atoms with Crippen molar-refractivity contribution < 1.29 is 0 Å². The number of imidazole rings is 1. The Bertz CT molecular complexity index is 298. The molecule has 1 rings (SSSR count). The van der Waals surface area contributed by atoms with Crippen LogP contribution in [-0.2, 0) is 13.5 Å². The third kappa shape index (κ3) is 1.76. The third-order valence-corrected chi connectivity index (χ3v) is 2.95. The summed E-state index contributed by atoms with van der Waals surface area (Å²) in [5.74, 6) is 2.45. The molecule has 0 atom stereocenters. The molecule has 0 bridgehead atoms. The predicted molar refractivity (Wildman–Crippen MR) is 60.3 cm³/mol. The first kappa shape index (κ1) is 11.1. The van der Waals surface area contributed by atoms with Crippen LogP contribution in [0.4, 0.5) is 5.82 Å². The Hall–Kier alpha value is -0.990. The largest absolute Gasteiger partial charge is 0.384 e. The fraction of sp³-hybridized carbons (Fsp3) is 0.727. The lowest BCUT2D eigenvalue weighted by atomic mass is 10.00. The molecule has 0 unspecified atom stereocenters. The fourth-order valence-corrected chi connectivity index (χ4v) is 1.87. The van der Waals surface area contributed by atoms with Crippen LogP contribution in [0.15, 0.2) is 0 Å². The van der Waals surface area contributed by atoms with Crippen LogP contribution in [0.1, 0.15) is 51.0 Å². The van der Waals surface area contributed by atoms with Crippen LogP contribution in [0.5, 0.6) is 0 Å². The minimum atomic E-state index is 0.515. The van der Waals surface area contributed by atoms with Crippen molar-refractivity contribution in [3.05, 3.63) is 11.5 Å². The average Bonchev–Trinajstić information content (AvgIpc) is 2.48. The van der Waals surface area contributed by atoms with Gasteiger partial charge < -0.3 is 10.3 Å². The second-order valence-electron chi connectivity index (χ2n) is 3.72. The van der Waals surface area contributed by atoms with Crippen LogP contribution in [0.2, 0.25) is 0 Å². The Morgan fingerprint density at radius 2 is 1.86 bits per heavy atom. The summed E-state index contributed by atoms with van der Waals surface area (Å²) in [5, 5.41) is 0. The normalized spacial score (nSPS) is 11.2. The molecule has 0 spiro atoms. The van der Waals surface area contributed by atoms with Crippen molar-refractivity contribution in [1.82, 2.24) is 9.55 Å². The molecule has 0 saturated carbocycles. The van der Waals surface area contributed by atoms with Gasteiger partial charge in [-0.2, -0.15) is 0 Å². The molecule has 0 amide bonds. The van der Waals surface area contributed by atoms with Crippen LogP contribution in [-0.4, -0.2) is 9.55 Å². The zero-order valence-electron chi connectivity index (χ0n) is 9.67. The van der Waals surface area contributed by atoms with Gasteiger partial charge in [0.25, 0.3) is 0 Å². The highest BCUT2D eigenvalue weighted by Gasteiger charge is 2.17.